The third-order valence-electron chi connectivity index (χ3n) is 2.76. The van der Waals surface area contributed by atoms with E-state index in [1.807, 2.05) is 37.4 Å². The summed E-state index contributed by atoms with van der Waals surface area (Å²) in [6.07, 6.45) is 5.76. The van der Waals surface area contributed by atoms with Crippen LogP contribution in [-0.4, -0.2) is 13.7 Å². The van der Waals surface area contributed by atoms with E-state index in [0.717, 1.165) is 17.9 Å². The van der Waals surface area contributed by atoms with Gasteiger partial charge in [0.2, 0.25) is 0 Å². The van der Waals surface area contributed by atoms with Crippen LogP contribution in [0.3, 0.4) is 0 Å². The van der Waals surface area contributed by atoms with Gasteiger partial charge in [0, 0.05) is 12.1 Å². The van der Waals surface area contributed by atoms with Crippen LogP contribution in [0.15, 0.2) is 53.2 Å². The van der Waals surface area contributed by atoms with E-state index >= 15 is 0 Å². The van der Waals surface area contributed by atoms with Crippen LogP contribution in [-0.2, 0) is 17.9 Å². The predicted octanol–water partition coefficient (Wildman–Crippen LogP) is 3.23. The SMILES string of the molecule is CNCc1ccoc1COCC=Cc1ccccc1. The number of furan rings is 1. The van der Waals surface area contributed by atoms with Gasteiger partial charge in [-0.1, -0.05) is 42.5 Å². The molecule has 2 aromatic rings. The highest BCUT2D eigenvalue weighted by Crippen LogP contribution is 2.11. The summed E-state index contributed by atoms with van der Waals surface area (Å²) in [6, 6.07) is 12.1. The molecule has 1 aromatic carbocycles. The van der Waals surface area contributed by atoms with E-state index in [4.69, 9.17) is 9.15 Å². The summed E-state index contributed by atoms with van der Waals surface area (Å²) in [5.41, 5.74) is 2.33. The lowest BCUT2D eigenvalue weighted by Crippen LogP contribution is -2.06. The third-order valence-corrected chi connectivity index (χ3v) is 2.76. The molecule has 100 valence electrons. The van der Waals surface area contributed by atoms with Gasteiger partial charge in [-0.15, -0.1) is 0 Å². The number of hydrogen-bond acceptors (Lipinski definition) is 3. The maximum Gasteiger partial charge on any atom is 0.133 e. The maximum absolute atomic E-state index is 5.58. The van der Waals surface area contributed by atoms with Gasteiger partial charge in [0.05, 0.1) is 12.9 Å². The lowest BCUT2D eigenvalue weighted by molar-refractivity contribution is 0.131. The van der Waals surface area contributed by atoms with Crippen LogP contribution in [0.2, 0.25) is 0 Å². The Labute approximate surface area is 113 Å². The van der Waals surface area contributed by atoms with Crippen molar-refractivity contribution in [3.8, 4) is 0 Å². The van der Waals surface area contributed by atoms with E-state index in [0.29, 0.717) is 13.2 Å². The first-order chi connectivity index (χ1) is 9.40. The minimum atomic E-state index is 0.503. The summed E-state index contributed by atoms with van der Waals surface area (Å²) in [6.45, 7) is 1.88. The molecule has 0 spiro atoms. The average Bonchev–Trinajstić information content (AvgIpc) is 2.88. The van der Waals surface area contributed by atoms with Crippen molar-refractivity contribution < 1.29 is 9.15 Å². The Morgan fingerprint density at radius 1 is 1.21 bits per heavy atom. The van der Waals surface area contributed by atoms with Crippen LogP contribution in [0, 0.1) is 0 Å². The first kappa shape index (κ1) is 13.6. The molecule has 2 rings (SSSR count). The minimum absolute atomic E-state index is 0.503. The lowest BCUT2D eigenvalue weighted by Gasteiger charge is -2.02. The zero-order chi connectivity index (χ0) is 13.3. The average molecular weight is 257 g/mol. The van der Waals surface area contributed by atoms with Gasteiger partial charge in [0.1, 0.15) is 12.4 Å². The quantitative estimate of drug-likeness (QED) is 0.773. The lowest BCUT2D eigenvalue weighted by atomic mass is 10.2. The highest BCUT2D eigenvalue weighted by Gasteiger charge is 2.04. The van der Waals surface area contributed by atoms with Gasteiger partial charge < -0.3 is 14.5 Å². The van der Waals surface area contributed by atoms with Crippen molar-refractivity contribution in [2.45, 2.75) is 13.2 Å². The smallest absolute Gasteiger partial charge is 0.133 e. The van der Waals surface area contributed by atoms with Crippen LogP contribution in [0.25, 0.3) is 6.08 Å². The van der Waals surface area contributed by atoms with E-state index < -0.39 is 0 Å². The Morgan fingerprint density at radius 2 is 2.05 bits per heavy atom. The zero-order valence-corrected chi connectivity index (χ0v) is 11.1. The van der Waals surface area contributed by atoms with Crippen molar-refractivity contribution in [2.75, 3.05) is 13.7 Å². The molecule has 0 atom stereocenters. The number of ether oxygens (including phenoxy) is 1. The molecule has 0 fully saturated rings. The standard InChI is InChI=1S/C16H19NO2/c1-17-12-15-9-11-19-16(15)13-18-10-5-8-14-6-3-2-4-7-14/h2-9,11,17H,10,12-13H2,1H3. The second kappa shape index (κ2) is 7.56. The van der Waals surface area contributed by atoms with E-state index in [2.05, 4.69) is 23.5 Å². The molecule has 0 radical (unpaired) electrons. The normalized spacial score (nSPS) is 11.2. The Balaban J connectivity index is 1.75. The first-order valence-corrected chi connectivity index (χ1v) is 6.39. The minimum Gasteiger partial charge on any atom is -0.467 e. The van der Waals surface area contributed by atoms with E-state index in [-0.39, 0.29) is 0 Å². The molecule has 0 aliphatic rings. The fraction of sp³-hybridized carbons (Fsp3) is 0.250. The highest BCUT2D eigenvalue weighted by molar-refractivity contribution is 5.48. The molecule has 1 aromatic heterocycles. The predicted molar refractivity (Wildman–Crippen MR) is 76.6 cm³/mol. The molecule has 0 aliphatic carbocycles. The number of benzene rings is 1. The summed E-state index contributed by atoms with van der Waals surface area (Å²) in [7, 11) is 1.92. The van der Waals surface area contributed by atoms with Crippen molar-refractivity contribution in [3.63, 3.8) is 0 Å². The van der Waals surface area contributed by atoms with Crippen LogP contribution in [0.4, 0.5) is 0 Å². The number of hydrogen-bond donors (Lipinski definition) is 1. The van der Waals surface area contributed by atoms with Crippen molar-refractivity contribution >= 4 is 6.08 Å². The van der Waals surface area contributed by atoms with Gasteiger partial charge in [0.15, 0.2) is 0 Å². The molecule has 0 saturated carbocycles. The second-order valence-corrected chi connectivity index (χ2v) is 4.23. The Bertz CT molecular complexity index is 502. The molecule has 19 heavy (non-hydrogen) atoms. The van der Waals surface area contributed by atoms with Crippen LogP contribution < -0.4 is 5.32 Å². The molecular weight excluding hydrogens is 238 g/mol. The van der Waals surface area contributed by atoms with Crippen molar-refractivity contribution in [3.05, 3.63) is 65.6 Å². The van der Waals surface area contributed by atoms with Gasteiger partial charge in [0.25, 0.3) is 0 Å². The molecule has 0 amide bonds. The summed E-state index contributed by atoms with van der Waals surface area (Å²) >= 11 is 0. The van der Waals surface area contributed by atoms with E-state index in [1.165, 1.54) is 5.56 Å². The van der Waals surface area contributed by atoms with Crippen molar-refractivity contribution in [1.82, 2.24) is 5.32 Å². The highest BCUT2D eigenvalue weighted by atomic mass is 16.5. The van der Waals surface area contributed by atoms with Crippen LogP contribution in [0.5, 0.6) is 0 Å². The van der Waals surface area contributed by atoms with Gasteiger partial charge in [-0.2, -0.15) is 0 Å². The van der Waals surface area contributed by atoms with Crippen LogP contribution >= 0.6 is 0 Å². The Kier molecular flexibility index (Phi) is 5.41. The first-order valence-electron chi connectivity index (χ1n) is 6.39. The summed E-state index contributed by atoms with van der Waals surface area (Å²) in [4.78, 5) is 0. The van der Waals surface area contributed by atoms with Crippen molar-refractivity contribution in [2.24, 2.45) is 0 Å². The molecule has 0 unspecified atom stereocenters. The fourth-order valence-electron chi connectivity index (χ4n) is 1.81. The largest absolute Gasteiger partial charge is 0.467 e. The van der Waals surface area contributed by atoms with E-state index in [1.54, 1.807) is 6.26 Å². The Hall–Kier alpha value is -1.84. The Morgan fingerprint density at radius 3 is 2.84 bits per heavy atom. The molecule has 0 saturated heterocycles. The number of nitrogens with one attached hydrogen (secondary N) is 1. The topological polar surface area (TPSA) is 34.4 Å². The third kappa shape index (κ3) is 4.39. The van der Waals surface area contributed by atoms with Gasteiger partial charge in [-0.25, -0.2) is 0 Å². The molecule has 1 heterocycles. The van der Waals surface area contributed by atoms with Crippen LogP contribution in [0.1, 0.15) is 16.9 Å². The monoisotopic (exact) mass is 257 g/mol. The van der Waals surface area contributed by atoms with Gasteiger partial charge in [-0.05, 0) is 18.7 Å². The fourth-order valence-corrected chi connectivity index (χ4v) is 1.81. The molecule has 0 bridgehead atoms. The summed E-state index contributed by atoms with van der Waals surface area (Å²) in [5.74, 6) is 0.891. The molecule has 0 aliphatic heterocycles. The van der Waals surface area contributed by atoms with Crippen molar-refractivity contribution in [1.29, 1.82) is 0 Å². The summed E-state index contributed by atoms with van der Waals surface area (Å²) < 4.78 is 11.0. The molecule has 3 heteroatoms. The summed E-state index contributed by atoms with van der Waals surface area (Å²) in [5, 5.41) is 3.10. The van der Waals surface area contributed by atoms with Gasteiger partial charge >= 0.3 is 0 Å². The molecule has 1 N–H and O–H groups in total. The molecule has 3 nitrogen and oxygen atoms in total. The maximum atomic E-state index is 5.58. The molecular formula is C16H19NO2. The zero-order valence-electron chi connectivity index (χ0n) is 11.1. The van der Waals surface area contributed by atoms with Gasteiger partial charge in [-0.3, -0.25) is 0 Å². The second-order valence-electron chi connectivity index (χ2n) is 4.23. The number of rotatable bonds is 7. The van der Waals surface area contributed by atoms with E-state index in [9.17, 15) is 0 Å².